The first kappa shape index (κ1) is 13.7. The molecule has 0 atom stereocenters. The predicted molar refractivity (Wildman–Crippen MR) is 68.8 cm³/mol. The molecule has 0 bridgehead atoms. The number of hydrogen-bond donors (Lipinski definition) is 1. The summed E-state index contributed by atoms with van der Waals surface area (Å²) < 4.78 is 26.9. The lowest BCUT2D eigenvalue weighted by molar-refractivity contribution is -0.122. The number of hydrogen-bond acceptors (Lipinski definition) is 3. The van der Waals surface area contributed by atoms with Crippen molar-refractivity contribution in [3.8, 4) is 0 Å². The van der Waals surface area contributed by atoms with Crippen molar-refractivity contribution in [3.63, 3.8) is 0 Å². The molecule has 1 heterocycles. The van der Waals surface area contributed by atoms with Crippen molar-refractivity contribution in [2.75, 3.05) is 18.0 Å². The lowest BCUT2D eigenvalue weighted by atomic mass is 10.1. The highest BCUT2D eigenvalue weighted by molar-refractivity contribution is 6.52. The van der Waals surface area contributed by atoms with Crippen molar-refractivity contribution in [2.24, 2.45) is 5.92 Å². The van der Waals surface area contributed by atoms with Crippen molar-refractivity contribution < 1.29 is 23.2 Å². The molecule has 1 saturated carbocycles. The number of Topliss-reactive ketones (excluding diaryl/α,β-unsaturated/α-hetero) is 1. The number of ketones is 1. The molecular formula is C14H12F2N2O3. The molecule has 1 aliphatic heterocycles. The van der Waals surface area contributed by atoms with Gasteiger partial charge in [0.05, 0.1) is 11.3 Å². The third kappa shape index (κ3) is 2.51. The summed E-state index contributed by atoms with van der Waals surface area (Å²) in [5, 5.41) is 2.63. The molecule has 7 heteroatoms. The van der Waals surface area contributed by atoms with Crippen LogP contribution in [0.4, 0.5) is 14.5 Å². The quantitative estimate of drug-likeness (QED) is 0.843. The first-order chi connectivity index (χ1) is 9.97. The van der Waals surface area contributed by atoms with Crippen LogP contribution in [0.2, 0.25) is 0 Å². The second-order valence-electron chi connectivity index (χ2n) is 5.25. The van der Waals surface area contributed by atoms with Crippen LogP contribution in [0.15, 0.2) is 12.1 Å². The number of carbonyl (C=O) groups excluding carboxylic acids is 3. The summed E-state index contributed by atoms with van der Waals surface area (Å²) in [6, 6.07) is 1.39. The Hall–Kier alpha value is -2.31. The normalized spacial score (nSPS) is 17.1. The molecule has 21 heavy (non-hydrogen) atoms. The molecule has 2 aliphatic rings. The van der Waals surface area contributed by atoms with Crippen LogP contribution >= 0.6 is 0 Å². The molecule has 1 aromatic carbocycles. The molecule has 1 fully saturated rings. The van der Waals surface area contributed by atoms with Gasteiger partial charge in [0, 0.05) is 12.6 Å². The first-order valence-corrected chi connectivity index (χ1v) is 6.59. The summed E-state index contributed by atoms with van der Waals surface area (Å²) >= 11 is 0. The van der Waals surface area contributed by atoms with E-state index in [9.17, 15) is 23.2 Å². The third-order valence-corrected chi connectivity index (χ3v) is 3.57. The minimum absolute atomic E-state index is 0.326. The molecule has 1 aromatic rings. The minimum atomic E-state index is -1.03. The summed E-state index contributed by atoms with van der Waals surface area (Å²) in [6.45, 7) is 0.0560. The number of rotatable bonds is 4. The average molecular weight is 294 g/mol. The number of halogens is 2. The summed E-state index contributed by atoms with van der Waals surface area (Å²) in [7, 11) is 0. The number of amides is 2. The predicted octanol–water partition coefficient (Wildman–Crippen LogP) is 1.02. The topological polar surface area (TPSA) is 66.5 Å². The van der Waals surface area contributed by atoms with Crippen LogP contribution in [0, 0.1) is 17.6 Å². The van der Waals surface area contributed by atoms with E-state index in [4.69, 9.17) is 0 Å². The lowest BCUT2D eigenvalue weighted by Gasteiger charge is -2.16. The minimum Gasteiger partial charge on any atom is -0.354 e. The zero-order valence-electron chi connectivity index (χ0n) is 11.0. The molecule has 1 aliphatic carbocycles. The van der Waals surface area contributed by atoms with Crippen LogP contribution < -0.4 is 10.2 Å². The fourth-order valence-electron chi connectivity index (χ4n) is 2.28. The van der Waals surface area contributed by atoms with Gasteiger partial charge in [-0.3, -0.25) is 19.3 Å². The maximum atomic E-state index is 13.8. The summed E-state index contributed by atoms with van der Waals surface area (Å²) in [5.41, 5.74) is -0.666. The van der Waals surface area contributed by atoms with Crippen LogP contribution in [0.1, 0.15) is 23.2 Å². The van der Waals surface area contributed by atoms with E-state index in [2.05, 4.69) is 5.32 Å². The molecule has 1 N–H and O–H groups in total. The largest absolute Gasteiger partial charge is 0.354 e. The van der Waals surface area contributed by atoms with E-state index in [-0.39, 0.29) is 11.3 Å². The SMILES string of the molecule is O=C(CN1C(=O)C(=O)c2cc(F)cc(F)c21)NCC1CC1. The number of nitrogens with one attached hydrogen (secondary N) is 1. The van der Waals surface area contributed by atoms with Gasteiger partial charge in [0.2, 0.25) is 5.91 Å². The standard InChI is InChI=1S/C14H12F2N2O3/c15-8-3-9-12(10(16)4-8)18(14(21)13(9)20)6-11(19)17-5-7-1-2-7/h3-4,7H,1-2,5-6H2,(H,17,19). The van der Waals surface area contributed by atoms with Gasteiger partial charge in [-0.05, 0) is 24.8 Å². The van der Waals surface area contributed by atoms with E-state index >= 15 is 0 Å². The average Bonchev–Trinajstić information content (AvgIpc) is 3.21. The van der Waals surface area contributed by atoms with Crippen LogP contribution in [-0.4, -0.2) is 30.7 Å². The van der Waals surface area contributed by atoms with Gasteiger partial charge >= 0.3 is 0 Å². The second-order valence-corrected chi connectivity index (χ2v) is 5.25. The molecule has 2 amide bonds. The fraction of sp³-hybridized carbons (Fsp3) is 0.357. The number of benzene rings is 1. The summed E-state index contributed by atoms with van der Waals surface area (Å²) in [4.78, 5) is 36.0. The van der Waals surface area contributed by atoms with E-state index in [0.717, 1.165) is 23.8 Å². The van der Waals surface area contributed by atoms with Crippen molar-refractivity contribution >= 4 is 23.3 Å². The summed E-state index contributed by atoms with van der Waals surface area (Å²) in [5.74, 6) is -4.00. The first-order valence-electron chi connectivity index (χ1n) is 6.59. The van der Waals surface area contributed by atoms with Gasteiger partial charge in [0.15, 0.2) is 5.82 Å². The molecule has 3 rings (SSSR count). The van der Waals surface area contributed by atoms with Gasteiger partial charge in [-0.25, -0.2) is 8.78 Å². The van der Waals surface area contributed by atoms with Gasteiger partial charge in [-0.1, -0.05) is 0 Å². The highest BCUT2D eigenvalue weighted by atomic mass is 19.1. The molecule has 0 aromatic heterocycles. The van der Waals surface area contributed by atoms with Crippen molar-refractivity contribution in [1.82, 2.24) is 5.32 Å². The number of fused-ring (bicyclic) bond motifs is 1. The Balaban J connectivity index is 1.81. The number of nitrogens with zero attached hydrogens (tertiary/aromatic N) is 1. The van der Waals surface area contributed by atoms with E-state index in [1.807, 2.05) is 0 Å². The van der Waals surface area contributed by atoms with E-state index in [1.54, 1.807) is 0 Å². The Bertz CT molecular complexity index is 656. The van der Waals surface area contributed by atoms with E-state index < -0.39 is 35.8 Å². The number of anilines is 1. The van der Waals surface area contributed by atoms with E-state index in [1.165, 1.54) is 0 Å². The fourth-order valence-corrected chi connectivity index (χ4v) is 2.28. The van der Waals surface area contributed by atoms with Crippen LogP contribution in [0.25, 0.3) is 0 Å². The molecule has 0 saturated heterocycles. The van der Waals surface area contributed by atoms with Gasteiger partial charge in [0.25, 0.3) is 11.7 Å². The Kier molecular flexibility index (Phi) is 3.19. The Labute approximate surface area is 118 Å². The highest BCUT2D eigenvalue weighted by Gasteiger charge is 2.39. The molecule has 0 spiro atoms. The maximum absolute atomic E-state index is 13.8. The van der Waals surface area contributed by atoms with Crippen molar-refractivity contribution in [3.05, 3.63) is 29.3 Å². The van der Waals surface area contributed by atoms with Gasteiger partial charge < -0.3 is 5.32 Å². The Morgan fingerprint density at radius 2 is 2.00 bits per heavy atom. The lowest BCUT2D eigenvalue weighted by Crippen LogP contribution is -2.41. The van der Waals surface area contributed by atoms with Crippen molar-refractivity contribution in [2.45, 2.75) is 12.8 Å². The monoisotopic (exact) mass is 294 g/mol. The van der Waals surface area contributed by atoms with Crippen LogP contribution in [0.3, 0.4) is 0 Å². The van der Waals surface area contributed by atoms with Gasteiger partial charge in [-0.2, -0.15) is 0 Å². The Morgan fingerprint density at radius 3 is 2.67 bits per heavy atom. The Morgan fingerprint density at radius 1 is 1.29 bits per heavy atom. The number of carbonyl (C=O) groups is 3. The van der Waals surface area contributed by atoms with E-state index in [0.29, 0.717) is 18.5 Å². The maximum Gasteiger partial charge on any atom is 0.300 e. The zero-order valence-corrected chi connectivity index (χ0v) is 11.0. The highest BCUT2D eigenvalue weighted by Crippen LogP contribution is 2.32. The molecular weight excluding hydrogens is 282 g/mol. The molecule has 0 radical (unpaired) electrons. The molecule has 0 unspecified atom stereocenters. The van der Waals surface area contributed by atoms with Gasteiger partial charge in [-0.15, -0.1) is 0 Å². The third-order valence-electron chi connectivity index (χ3n) is 3.57. The van der Waals surface area contributed by atoms with Crippen LogP contribution in [-0.2, 0) is 9.59 Å². The van der Waals surface area contributed by atoms with Gasteiger partial charge in [0.1, 0.15) is 12.4 Å². The zero-order chi connectivity index (χ0) is 15.1. The van der Waals surface area contributed by atoms with Crippen molar-refractivity contribution in [1.29, 1.82) is 0 Å². The van der Waals surface area contributed by atoms with Crippen LogP contribution in [0.5, 0.6) is 0 Å². The smallest absolute Gasteiger partial charge is 0.300 e. The summed E-state index contributed by atoms with van der Waals surface area (Å²) in [6.07, 6.45) is 2.11. The molecule has 5 nitrogen and oxygen atoms in total. The molecule has 110 valence electrons. The second kappa shape index (κ2) is 4.91.